The van der Waals surface area contributed by atoms with Crippen molar-refractivity contribution in [3.05, 3.63) is 35.4 Å². The van der Waals surface area contributed by atoms with Gasteiger partial charge in [-0.3, -0.25) is 14.5 Å². The third kappa shape index (κ3) is 3.11. The van der Waals surface area contributed by atoms with Gasteiger partial charge in [-0.15, -0.1) is 0 Å². The summed E-state index contributed by atoms with van der Waals surface area (Å²) in [5.74, 6) is -2.57. The van der Waals surface area contributed by atoms with E-state index in [1.807, 2.05) is 0 Å². The molecule has 0 aromatic heterocycles. The lowest BCUT2D eigenvalue weighted by Crippen LogP contribution is -2.55. The molecule has 7 heteroatoms. The highest BCUT2D eigenvalue weighted by Gasteiger charge is 2.55. The molecule has 2 N–H and O–H groups in total. The molecule has 1 atom stereocenters. The number of nitrogens with zero attached hydrogens (tertiary/aromatic N) is 2. The minimum atomic E-state index is -0.944. The molecule has 1 amide bonds. The Morgan fingerprint density at radius 1 is 1.16 bits per heavy atom. The standard InChI is InChI=1S/C18H22N2O5/c1-19-15(21)10-14(17(24)25)18(19)6-8-20(9-7-18)11-12-2-4-13(5-3-12)16(22)23/h2-5,14H,6-11H2,1H3,(H,22,23)(H,24,25). The first-order valence-corrected chi connectivity index (χ1v) is 8.37. The smallest absolute Gasteiger partial charge is 0.335 e. The van der Waals surface area contributed by atoms with Crippen LogP contribution in [-0.4, -0.2) is 63.5 Å². The van der Waals surface area contributed by atoms with Crippen LogP contribution in [0.15, 0.2) is 24.3 Å². The first-order valence-electron chi connectivity index (χ1n) is 8.37. The largest absolute Gasteiger partial charge is 0.481 e. The van der Waals surface area contributed by atoms with Crippen LogP contribution in [0, 0.1) is 5.92 Å². The predicted octanol–water partition coefficient (Wildman–Crippen LogP) is 1.28. The Labute approximate surface area is 145 Å². The number of rotatable bonds is 4. The molecule has 0 aliphatic carbocycles. The summed E-state index contributed by atoms with van der Waals surface area (Å²) >= 11 is 0. The zero-order valence-electron chi connectivity index (χ0n) is 14.1. The van der Waals surface area contributed by atoms with Crippen LogP contribution < -0.4 is 0 Å². The summed E-state index contributed by atoms with van der Waals surface area (Å²) in [7, 11) is 1.71. The number of aliphatic carboxylic acids is 1. The molecule has 2 saturated heterocycles. The number of amides is 1. The van der Waals surface area contributed by atoms with Crippen molar-refractivity contribution in [2.24, 2.45) is 5.92 Å². The highest BCUT2D eigenvalue weighted by Crippen LogP contribution is 2.42. The summed E-state index contributed by atoms with van der Waals surface area (Å²) in [5.41, 5.74) is 0.704. The molecule has 2 aliphatic heterocycles. The van der Waals surface area contributed by atoms with Crippen LogP contribution in [0.3, 0.4) is 0 Å². The maximum atomic E-state index is 12.0. The fourth-order valence-electron chi connectivity index (χ4n) is 4.09. The van der Waals surface area contributed by atoms with E-state index >= 15 is 0 Å². The zero-order valence-corrected chi connectivity index (χ0v) is 14.1. The van der Waals surface area contributed by atoms with Gasteiger partial charge in [-0.05, 0) is 30.5 Å². The number of carbonyl (C=O) groups excluding carboxylic acids is 1. The second-order valence-electron chi connectivity index (χ2n) is 6.93. The van der Waals surface area contributed by atoms with E-state index in [4.69, 9.17) is 5.11 Å². The number of piperidine rings is 1. The molecule has 1 unspecified atom stereocenters. The minimum Gasteiger partial charge on any atom is -0.481 e. The molecule has 0 bridgehead atoms. The maximum Gasteiger partial charge on any atom is 0.335 e. The van der Waals surface area contributed by atoms with Gasteiger partial charge in [-0.2, -0.15) is 0 Å². The van der Waals surface area contributed by atoms with Gasteiger partial charge in [0.2, 0.25) is 5.91 Å². The number of likely N-dealkylation sites (tertiary alicyclic amines) is 2. The quantitative estimate of drug-likeness (QED) is 0.852. The van der Waals surface area contributed by atoms with Gasteiger partial charge in [0.05, 0.1) is 17.0 Å². The number of carbonyl (C=O) groups is 3. The second-order valence-corrected chi connectivity index (χ2v) is 6.93. The molecule has 2 aliphatic rings. The van der Waals surface area contributed by atoms with Gasteiger partial charge < -0.3 is 15.1 Å². The lowest BCUT2D eigenvalue weighted by atomic mass is 9.77. The lowest BCUT2D eigenvalue weighted by Gasteiger charge is -2.45. The van der Waals surface area contributed by atoms with Gasteiger partial charge in [-0.1, -0.05) is 12.1 Å². The highest BCUT2D eigenvalue weighted by molar-refractivity contribution is 5.88. The zero-order chi connectivity index (χ0) is 18.2. The molecular formula is C18H22N2O5. The number of hydrogen-bond donors (Lipinski definition) is 2. The van der Waals surface area contributed by atoms with Crippen LogP contribution in [0.5, 0.6) is 0 Å². The normalized spacial score (nSPS) is 23.2. The van der Waals surface area contributed by atoms with Crippen molar-refractivity contribution in [1.29, 1.82) is 0 Å². The van der Waals surface area contributed by atoms with Crippen molar-refractivity contribution in [2.45, 2.75) is 31.3 Å². The number of benzene rings is 1. The van der Waals surface area contributed by atoms with E-state index in [-0.39, 0.29) is 17.9 Å². The molecule has 1 aromatic carbocycles. The molecular weight excluding hydrogens is 324 g/mol. The van der Waals surface area contributed by atoms with E-state index in [0.717, 1.165) is 5.56 Å². The summed E-state index contributed by atoms with van der Waals surface area (Å²) in [6, 6.07) is 6.79. The van der Waals surface area contributed by atoms with Crippen LogP contribution in [0.2, 0.25) is 0 Å². The summed E-state index contributed by atoms with van der Waals surface area (Å²) in [6.45, 7) is 2.11. The van der Waals surface area contributed by atoms with Gasteiger partial charge in [0.25, 0.3) is 0 Å². The fourth-order valence-corrected chi connectivity index (χ4v) is 4.09. The minimum absolute atomic E-state index is 0.0858. The summed E-state index contributed by atoms with van der Waals surface area (Å²) in [6.07, 6.45) is 1.36. The van der Waals surface area contributed by atoms with E-state index in [1.54, 1.807) is 36.2 Å². The Bertz CT molecular complexity index is 692. The number of aromatic carboxylic acids is 1. The van der Waals surface area contributed by atoms with Gasteiger partial charge in [0.15, 0.2) is 0 Å². The first-order chi connectivity index (χ1) is 11.8. The topological polar surface area (TPSA) is 98.2 Å². The first kappa shape index (κ1) is 17.4. The summed E-state index contributed by atoms with van der Waals surface area (Å²) < 4.78 is 0. The Hall–Kier alpha value is -2.41. The van der Waals surface area contributed by atoms with Gasteiger partial charge in [0.1, 0.15) is 0 Å². The van der Waals surface area contributed by atoms with Gasteiger partial charge >= 0.3 is 11.9 Å². The van der Waals surface area contributed by atoms with Crippen molar-refractivity contribution in [3.63, 3.8) is 0 Å². The molecule has 1 spiro atoms. The Kier molecular flexibility index (Phi) is 4.51. The number of carboxylic acids is 2. The van der Waals surface area contributed by atoms with Crippen molar-refractivity contribution in [2.75, 3.05) is 20.1 Å². The van der Waals surface area contributed by atoms with Crippen LogP contribution >= 0.6 is 0 Å². The van der Waals surface area contributed by atoms with E-state index in [9.17, 15) is 19.5 Å². The summed E-state index contributed by atoms with van der Waals surface area (Å²) in [4.78, 5) is 38.4. The summed E-state index contributed by atoms with van der Waals surface area (Å²) in [5, 5.41) is 18.4. The highest BCUT2D eigenvalue weighted by atomic mass is 16.4. The monoisotopic (exact) mass is 346 g/mol. The molecule has 1 aromatic rings. The van der Waals surface area contributed by atoms with E-state index in [0.29, 0.717) is 32.5 Å². The van der Waals surface area contributed by atoms with E-state index < -0.39 is 23.4 Å². The van der Waals surface area contributed by atoms with Crippen LogP contribution in [0.4, 0.5) is 0 Å². The van der Waals surface area contributed by atoms with Crippen molar-refractivity contribution >= 4 is 17.8 Å². The van der Waals surface area contributed by atoms with Crippen molar-refractivity contribution < 1.29 is 24.6 Å². The van der Waals surface area contributed by atoms with Gasteiger partial charge in [0, 0.05) is 33.1 Å². The van der Waals surface area contributed by atoms with E-state index in [2.05, 4.69) is 4.90 Å². The Morgan fingerprint density at radius 2 is 1.76 bits per heavy atom. The average molecular weight is 346 g/mol. The molecule has 0 radical (unpaired) electrons. The SMILES string of the molecule is CN1C(=O)CC(C(=O)O)C12CCN(Cc1ccc(C(=O)O)cc1)CC2. The Morgan fingerprint density at radius 3 is 2.28 bits per heavy atom. The van der Waals surface area contributed by atoms with Crippen molar-refractivity contribution in [1.82, 2.24) is 9.80 Å². The third-order valence-electron chi connectivity index (χ3n) is 5.70. The molecule has 25 heavy (non-hydrogen) atoms. The number of carboxylic acid groups (broad SMARTS) is 2. The second kappa shape index (κ2) is 6.48. The number of hydrogen-bond acceptors (Lipinski definition) is 4. The third-order valence-corrected chi connectivity index (χ3v) is 5.70. The van der Waals surface area contributed by atoms with Crippen LogP contribution in [0.1, 0.15) is 35.2 Å². The van der Waals surface area contributed by atoms with Crippen LogP contribution in [-0.2, 0) is 16.1 Å². The molecule has 134 valence electrons. The molecule has 7 nitrogen and oxygen atoms in total. The molecule has 2 heterocycles. The Balaban J connectivity index is 1.66. The lowest BCUT2D eigenvalue weighted by molar-refractivity contribution is -0.146. The molecule has 3 rings (SSSR count). The maximum absolute atomic E-state index is 12.0. The van der Waals surface area contributed by atoms with E-state index in [1.165, 1.54) is 0 Å². The average Bonchev–Trinajstić information content (AvgIpc) is 2.83. The van der Waals surface area contributed by atoms with Crippen LogP contribution in [0.25, 0.3) is 0 Å². The van der Waals surface area contributed by atoms with Crippen molar-refractivity contribution in [3.8, 4) is 0 Å². The predicted molar refractivity (Wildman–Crippen MR) is 89.2 cm³/mol. The molecule has 2 fully saturated rings. The fraction of sp³-hybridized carbons (Fsp3) is 0.500. The van der Waals surface area contributed by atoms with Gasteiger partial charge in [-0.25, -0.2) is 4.79 Å². The molecule has 0 saturated carbocycles.